The van der Waals surface area contributed by atoms with E-state index in [1.165, 1.54) is 4.90 Å². The Labute approximate surface area is 182 Å². The molecule has 2 aliphatic rings. The van der Waals surface area contributed by atoms with E-state index in [-0.39, 0.29) is 17.4 Å². The molecule has 1 amide bonds. The summed E-state index contributed by atoms with van der Waals surface area (Å²) < 4.78 is 11.3. The van der Waals surface area contributed by atoms with E-state index in [2.05, 4.69) is 0 Å². The fraction of sp³-hybridized carbons (Fsp3) is 0.360. The van der Waals surface area contributed by atoms with Crippen molar-refractivity contribution in [1.82, 2.24) is 4.90 Å². The first kappa shape index (κ1) is 21.1. The normalized spacial score (nSPS) is 22.8. The van der Waals surface area contributed by atoms with Gasteiger partial charge in [0.1, 0.15) is 11.5 Å². The van der Waals surface area contributed by atoms with E-state index < -0.39 is 17.7 Å². The lowest BCUT2D eigenvalue weighted by molar-refractivity contribution is -0.140. The highest BCUT2D eigenvalue weighted by molar-refractivity contribution is 6.46. The number of benzene rings is 2. The number of aliphatic hydroxyl groups is 1. The highest BCUT2D eigenvalue weighted by atomic mass is 16.5. The summed E-state index contributed by atoms with van der Waals surface area (Å²) in [6.07, 6.45) is 2.59. The van der Waals surface area contributed by atoms with E-state index in [9.17, 15) is 14.7 Å². The van der Waals surface area contributed by atoms with E-state index in [0.29, 0.717) is 31.1 Å². The van der Waals surface area contributed by atoms with Gasteiger partial charge in [-0.2, -0.15) is 0 Å². The zero-order valence-corrected chi connectivity index (χ0v) is 17.6. The van der Waals surface area contributed by atoms with Crippen molar-refractivity contribution in [2.45, 2.75) is 38.3 Å². The summed E-state index contributed by atoms with van der Waals surface area (Å²) in [5.74, 6) is -0.759. The number of rotatable bonds is 7. The van der Waals surface area contributed by atoms with E-state index in [4.69, 9.17) is 9.47 Å². The van der Waals surface area contributed by atoms with Gasteiger partial charge in [-0.05, 0) is 49.1 Å². The minimum Gasteiger partial charge on any atom is -0.507 e. The first-order valence-corrected chi connectivity index (χ1v) is 10.8. The van der Waals surface area contributed by atoms with Crippen LogP contribution in [0.4, 0.5) is 0 Å². The molecule has 0 radical (unpaired) electrons. The van der Waals surface area contributed by atoms with Crippen LogP contribution >= 0.6 is 0 Å². The minimum absolute atomic E-state index is 0.0977. The van der Waals surface area contributed by atoms with Crippen LogP contribution in [0.2, 0.25) is 0 Å². The van der Waals surface area contributed by atoms with Crippen LogP contribution in [0.15, 0.2) is 60.2 Å². The molecule has 6 heteroatoms. The highest BCUT2D eigenvalue weighted by Crippen LogP contribution is 2.40. The van der Waals surface area contributed by atoms with Gasteiger partial charge >= 0.3 is 0 Å². The van der Waals surface area contributed by atoms with Gasteiger partial charge in [-0.15, -0.1) is 0 Å². The summed E-state index contributed by atoms with van der Waals surface area (Å²) >= 11 is 0. The summed E-state index contributed by atoms with van der Waals surface area (Å²) in [4.78, 5) is 27.5. The average molecular weight is 421 g/mol. The number of hydrogen-bond acceptors (Lipinski definition) is 5. The molecule has 31 heavy (non-hydrogen) atoms. The minimum atomic E-state index is -0.671. The van der Waals surface area contributed by atoms with Crippen LogP contribution in [0.5, 0.6) is 5.75 Å². The molecule has 6 nitrogen and oxygen atoms in total. The second kappa shape index (κ2) is 9.35. The summed E-state index contributed by atoms with van der Waals surface area (Å²) in [5, 5.41) is 11.1. The molecule has 0 aromatic heterocycles. The van der Waals surface area contributed by atoms with Crippen molar-refractivity contribution in [2.75, 3.05) is 19.8 Å². The van der Waals surface area contributed by atoms with Gasteiger partial charge in [0.25, 0.3) is 11.7 Å². The van der Waals surface area contributed by atoms with Crippen molar-refractivity contribution in [3.8, 4) is 5.75 Å². The molecule has 2 heterocycles. The number of carbonyl (C=O) groups excluding carboxylic acids is 2. The Balaban J connectivity index is 1.72. The Morgan fingerprint density at radius 1 is 1.13 bits per heavy atom. The first-order chi connectivity index (χ1) is 15.1. The smallest absolute Gasteiger partial charge is 0.295 e. The molecule has 2 aliphatic heterocycles. The van der Waals surface area contributed by atoms with Crippen molar-refractivity contribution >= 4 is 17.4 Å². The Hall–Kier alpha value is -3.12. The van der Waals surface area contributed by atoms with Crippen molar-refractivity contribution in [1.29, 1.82) is 0 Å². The molecule has 0 aliphatic carbocycles. The second-order valence-corrected chi connectivity index (χ2v) is 7.87. The number of nitrogens with zero attached hydrogens (tertiary/aromatic N) is 1. The van der Waals surface area contributed by atoms with Gasteiger partial charge in [-0.3, -0.25) is 9.59 Å². The van der Waals surface area contributed by atoms with Crippen LogP contribution in [-0.2, 0) is 14.3 Å². The molecule has 2 fully saturated rings. The molecular formula is C25H27NO5. The van der Waals surface area contributed by atoms with E-state index in [0.717, 1.165) is 24.8 Å². The standard InChI is InChI=1S/C25H27NO5/c1-2-14-30-19-12-10-18(11-13-19)23(27)21-22(17-7-4-3-5-8-17)26(25(29)24(21)28)16-20-9-6-15-31-20/h3-5,7-8,10-13,20,22,27H,2,6,9,14-16H2,1H3/b23-21-. The predicted molar refractivity (Wildman–Crippen MR) is 117 cm³/mol. The fourth-order valence-electron chi connectivity index (χ4n) is 4.14. The number of hydrogen-bond donors (Lipinski definition) is 1. The lowest BCUT2D eigenvalue weighted by atomic mass is 9.95. The zero-order chi connectivity index (χ0) is 21.8. The van der Waals surface area contributed by atoms with Crippen molar-refractivity contribution in [3.63, 3.8) is 0 Å². The average Bonchev–Trinajstić information content (AvgIpc) is 3.40. The van der Waals surface area contributed by atoms with Gasteiger partial charge in [-0.25, -0.2) is 0 Å². The molecule has 2 saturated heterocycles. The molecule has 4 rings (SSSR count). The molecule has 2 atom stereocenters. The Bertz CT molecular complexity index is 961. The number of Topliss-reactive ketones (excluding diaryl/α,β-unsaturated/α-hetero) is 1. The van der Waals surface area contributed by atoms with Gasteiger partial charge in [0.15, 0.2) is 0 Å². The predicted octanol–water partition coefficient (Wildman–Crippen LogP) is 4.08. The third-order valence-electron chi connectivity index (χ3n) is 5.68. The number of likely N-dealkylation sites (tertiary alicyclic amines) is 1. The summed E-state index contributed by atoms with van der Waals surface area (Å²) in [6.45, 7) is 3.62. The van der Waals surface area contributed by atoms with Crippen LogP contribution in [-0.4, -0.2) is 47.6 Å². The molecule has 2 aromatic rings. The highest BCUT2D eigenvalue weighted by Gasteiger charge is 2.46. The topological polar surface area (TPSA) is 76.1 Å². The monoisotopic (exact) mass is 421 g/mol. The molecular weight excluding hydrogens is 394 g/mol. The molecule has 2 aromatic carbocycles. The Kier molecular flexibility index (Phi) is 6.37. The van der Waals surface area contributed by atoms with Crippen LogP contribution in [0, 0.1) is 0 Å². The zero-order valence-electron chi connectivity index (χ0n) is 17.6. The van der Waals surface area contributed by atoms with E-state index in [1.54, 1.807) is 24.3 Å². The third kappa shape index (κ3) is 4.35. The number of ketones is 1. The van der Waals surface area contributed by atoms with Crippen LogP contribution < -0.4 is 4.74 Å². The van der Waals surface area contributed by atoms with E-state index in [1.807, 2.05) is 37.3 Å². The Morgan fingerprint density at radius 3 is 2.52 bits per heavy atom. The second-order valence-electron chi connectivity index (χ2n) is 7.87. The molecule has 0 spiro atoms. The third-order valence-corrected chi connectivity index (χ3v) is 5.68. The Morgan fingerprint density at radius 2 is 1.87 bits per heavy atom. The van der Waals surface area contributed by atoms with Gasteiger partial charge in [0.05, 0.1) is 24.3 Å². The SMILES string of the molecule is CCCOc1ccc(/C(O)=C2/C(=O)C(=O)N(CC3CCCO3)C2c2ccccc2)cc1. The van der Waals surface area contributed by atoms with Gasteiger partial charge in [-0.1, -0.05) is 37.3 Å². The largest absolute Gasteiger partial charge is 0.507 e. The van der Waals surface area contributed by atoms with Crippen LogP contribution in [0.3, 0.4) is 0 Å². The molecule has 0 saturated carbocycles. The lowest BCUT2D eigenvalue weighted by Crippen LogP contribution is -2.36. The number of carbonyl (C=O) groups is 2. The van der Waals surface area contributed by atoms with Gasteiger partial charge in [0.2, 0.25) is 0 Å². The number of amides is 1. The maximum Gasteiger partial charge on any atom is 0.295 e. The molecule has 0 bridgehead atoms. The fourth-order valence-corrected chi connectivity index (χ4v) is 4.14. The van der Waals surface area contributed by atoms with Crippen molar-refractivity contribution in [3.05, 3.63) is 71.3 Å². The quantitative estimate of drug-likeness (QED) is 0.414. The van der Waals surface area contributed by atoms with Gasteiger partial charge in [0, 0.05) is 18.7 Å². The van der Waals surface area contributed by atoms with E-state index >= 15 is 0 Å². The van der Waals surface area contributed by atoms with Crippen molar-refractivity contribution < 1.29 is 24.2 Å². The summed E-state index contributed by atoms with van der Waals surface area (Å²) in [5.41, 5.74) is 1.36. The lowest BCUT2D eigenvalue weighted by Gasteiger charge is -2.27. The molecule has 2 unspecified atom stereocenters. The molecule has 162 valence electrons. The maximum atomic E-state index is 13.0. The van der Waals surface area contributed by atoms with Gasteiger partial charge < -0.3 is 19.5 Å². The summed E-state index contributed by atoms with van der Waals surface area (Å²) in [6, 6.07) is 15.6. The summed E-state index contributed by atoms with van der Waals surface area (Å²) in [7, 11) is 0. The molecule has 1 N–H and O–H groups in total. The maximum absolute atomic E-state index is 13.0. The number of aliphatic hydroxyl groups excluding tert-OH is 1. The van der Waals surface area contributed by atoms with Crippen molar-refractivity contribution in [2.24, 2.45) is 0 Å². The van der Waals surface area contributed by atoms with Crippen LogP contribution in [0.25, 0.3) is 5.76 Å². The first-order valence-electron chi connectivity index (χ1n) is 10.8. The number of ether oxygens (including phenoxy) is 2. The van der Waals surface area contributed by atoms with Crippen LogP contribution in [0.1, 0.15) is 43.4 Å².